The van der Waals surface area contributed by atoms with Gasteiger partial charge < -0.3 is 5.32 Å². The third-order valence-corrected chi connectivity index (χ3v) is 5.01. The summed E-state index contributed by atoms with van der Waals surface area (Å²) in [7, 11) is 0. The molecule has 0 bridgehead atoms. The van der Waals surface area contributed by atoms with Gasteiger partial charge in [0.15, 0.2) is 0 Å². The summed E-state index contributed by atoms with van der Waals surface area (Å²) in [6.45, 7) is 6.18. The lowest BCUT2D eigenvalue weighted by Crippen LogP contribution is -2.17. The fraction of sp³-hybridized carbons (Fsp3) is 0.409. The van der Waals surface area contributed by atoms with Crippen molar-refractivity contribution in [3.63, 3.8) is 0 Å². The molecule has 27 heavy (non-hydrogen) atoms. The maximum absolute atomic E-state index is 11.2. The Hall–Kier alpha value is -2.53. The van der Waals surface area contributed by atoms with Crippen molar-refractivity contribution in [2.75, 3.05) is 6.54 Å². The molecule has 0 radical (unpaired) electrons. The Morgan fingerprint density at radius 3 is 2.74 bits per heavy atom. The number of allylic oxidation sites excluding steroid dienone is 3. The predicted molar refractivity (Wildman–Crippen MR) is 111 cm³/mol. The van der Waals surface area contributed by atoms with Gasteiger partial charge in [0.1, 0.15) is 0 Å². The predicted octanol–water partition coefficient (Wildman–Crippen LogP) is 4.53. The Morgan fingerprint density at radius 2 is 2.07 bits per heavy atom. The first-order valence-corrected chi connectivity index (χ1v) is 9.59. The Bertz CT molecular complexity index is 705. The molecule has 0 heterocycles. The Morgan fingerprint density at radius 1 is 1.30 bits per heavy atom. The van der Waals surface area contributed by atoms with Gasteiger partial charge >= 0.3 is 0 Å². The smallest absolute Gasteiger partial charge is 0.266 e. The van der Waals surface area contributed by atoms with Gasteiger partial charge in [-0.2, -0.15) is 0 Å². The van der Waals surface area contributed by atoms with Gasteiger partial charge in [-0.15, -0.1) is 4.91 Å². The maximum Gasteiger partial charge on any atom is 0.266 e. The molecule has 2 rings (SSSR count). The van der Waals surface area contributed by atoms with E-state index in [2.05, 4.69) is 42.7 Å². The molecule has 0 aromatic heterocycles. The number of amides is 1. The van der Waals surface area contributed by atoms with Crippen molar-refractivity contribution in [2.45, 2.75) is 39.7 Å². The number of hydrogen-bond acceptors (Lipinski definition) is 4. The number of carbonyl (C=O) groups excluding carboxylic acids is 1. The van der Waals surface area contributed by atoms with Crippen LogP contribution in [0.15, 0.2) is 59.4 Å². The molecule has 2 N–H and O–H groups in total. The first-order valence-electron chi connectivity index (χ1n) is 9.59. The van der Waals surface area contributed by atoms with Crippen LogP contribution in [-0.4, -0.2) is 12.5 Å². The summed E-state index contributed by atoms with van der Waals surface area (Å²) in [4.78, 5) is 21.1. The minimum absolute atomic E-state index is 0.529. The van der Waals surface area contributed by atoms with Crippen LogP contribution in [0.3, 0.4) is 0 Å². The maximum atomic E-state index is 11.2. The molecule has 1 amide bonds. The second-order valence-electron chi connectivity index (χ2n) is 6.79. The van der Waals surface area contributed by atoms with Gasteiger partial charge in [-0.05, 0) is 61.8 Å². The molecule has 0 spiro atoms. The molecule has 0 aliphatic heterocycles. The molecule has 2 unspecified atom stereocenters. The molecule has 0 saturated heterocycles. The van der Waals surface area contributed by atoms with E-state index in [1.807, 2.05) is 29.7 Å². The van der Waals surface area contributed by atoms with Gasteiger partial charge in [0, 0.05) is 12.6 Å². The van der Waals surface area contributed by atoms with Crippen LogP contribution in [0.4, 0.5) is 0 Å². The molecule has 5 nitrogen and oxygen atoms in total. The van der Waals surface area contributed by atoms with E-state index >= 15 is 0 Å². The van der Waals surface area contributed by atoms with Gasteiger partial charge in [0.2, 0.25) is 0 Å². The van der Waals surface area contributed by atoms with Crippen LogP contribution < -0.4 is 10.7 Å². The van der Waals surface area contributed by atoms with Gasteiger partial charge in [0.05, 0.1) is 5.29 Å². The van der Waals surface area contributed by atoms with E-state index in [0.29, 0.717) is 11.8 Å². The summed E-state index contributed by atoms with van der Waals surface area (Å²) in [5.41, 5.74) is 5.52. The number of carbonyl (C=O) groups is 1. The highest BCUT2D eigenvalue weighted by molar-refractivity contribution is 5.91. The van der Waals surface area contributed by atoms with E-state index in [1.54, 1.807) is 11.6 Å². The van der Waals surface area contributed by atoms with Crippen molar-refractivity contribution in [2.24, 2.45) is 17.1 Å². The second-order valence-corrected chi connectivity index (χ2v) is 6.79. The fourth-order valence-electron chi connectivity index (χ4n) is 3.66. The van der Waals surface area contributed by atoms with Crippen LogP contribution >= 0.6 is 0 Å². The first kappa shape index (κ1) is 20.8. The zero-order valence-corrected chi connectivity index (χ0v) is 16.2. The molecule has 2 atom stereocenters. The second kappa shape index (κ2) is 11.2. The summed E-state index contributed by atoms with van der Waals surface area (Å²) in [5.74, 6) is 0.847. The molecule has 144 valence electrons. The number of nitroso groups, excluding NO2 is 1. The molecule has 1 aliphatic rings. The van der Waals surface area contributed by atoms with E-state index in [9.17, 15) is 9.70 Å². The lowest BCUT2D eigenvalue weighted by atomic mass is 9.87. The van der Waals surface area contributed by atoms with Crippen LogP contribution in [0.2, 0.25) is 0 Å². The van der Waals surface area contributed by atoms with Crippen molar-refractivity contribution in [1.82, 2.24) is 10.7 Å². The van der Waals surface area contributed by atoms with E-state index in [0.717, 1.165) is 25.1 Å². The highest BCUT2D eigenvalue weighted by Gasteiger charge is 2.25. The summed E-state index contributed by atoms with van der Waals surface area (Å²) in [6, 6.07) is 7.97. The van der Waals surface area contributed by atoms with Gasteiger partial charge in [-0.1, -0.05) is 55.0 Å². The number of nitrogens with zero attached hydrogens (tertiary/aromatic N) is 1. The zero-order valence-electron chi connectivity index (χ0n) is 16.2. The highest BCUT2D eigenvalue weighted by Crippen LogP contribution is 2.36. The number of nitrogens with one attached hydrogen (secondary N) is 2. The quantitative estimate of drug-likeness (QED) is 0.210. The van der Waals surface area contributed by atoms with Crippen molar-refractivity contribution >= 4 is 12.0 Å². The minimum Gasteiger partial charge on any atom is -0.312 e. The molecule has 0 fully saturated rings. The van der Waals surface area contributed by atoms with Gasteiger partial charge in [-0.3, -0.25) is 4.79 Å². The molecule has 1 aromatic rings. The lowest BCUT2D eigenvalue weighted by Gasteiger charge is -2.19. The number of hydrogen-bond donors (Lipinski definition) is 2. The largest absolute Gasteiger partial charge is 0.312 e. The first-order chi connectivity index (χ1) is 13.2. The topological polar surface area (TPSA) is 70.6 Å². The standard InChI is InChI=1S/C22H29N3O2/c1-3-5-19-11-12-20(21(19)4-2)14-15-23-16-18-8-6-17(7-9-18)10-13-22(26)24-25-27/h3,5-10,12-13,19,21,23H,4,11,14-16H2,1-2H3,(H,24,26,27). The summed E-state index contributed by atoms with van der Waals surface area (Å²) in [6.07, 6.45) is 13.4. The summed E-state index contributed by atoms with van der Waals surface area (Å²) >= 11 is 0. The molecule has 1 aliphatic carbocycles. The summed E-state index contributed by atoms with van der Waals surface area (Å²) < 4.78 is 0. The molecule has 0 saturated carbocycles. The Balaban J connectivity index is 1.74. The Labute approximate surface area is 161 Å². The molecule has 1 aromatic carbocycles. The van der Waals surface area contributed by atoms with E-state index in [1.165, 1.54) is 24.5 Å². The monoisotopic (exact) mass is 367 g/mol. The van der Waals surface area contributed by atoms with E-state index in [4.69, 9.17) is 0 Å². The van der Waals surface area contributed by atoms with Gasteiger partial charge in [0.25, 0.3) is 5.91 Å². The molecular weight excluding hydrogens is 338 g/mol. The molecular formula is C22H29N3O2. The van der Waals surface area contributed by atoms with Crippen molar-refractivity contribution < 1.29 is 4.79 Å². The Kier molecular flexibility index (Phi) is 8.65. The third kappa shape index (κ3) is 6.61. The highest BCUT2D eigenvalue weighted by atomic mass is 16.3. The van der Waals surface area contributed by atoms with Crippen molar-refractivity contribution in [3.8, 4) is 0 Å². The van der Waals surface area contributed by atoms with Crippen LogP contribution in [0, 0.1) is 16.7 Å². The normalized spacial score (nSPS) is 19.6. The van der Waals surface area contributed by atoms with Crippen LogP contribution in [-0.2, 0) is 11.3 Å². The number of benzene rings is 1. The minimum atomic E-state index is -0.529. The fourth-order valence-corrected chi connectivity index (χ4v) is 3.66. The summed E-state index contributed by atoms with van der Waals surface area (Å²) in [5, 5.41) is 5.86. The van der Waals surface area contributed by atoms with Crippen molar-refractivity contribution in [1.29, 1.82) is 0 Å². The van der Waals surface area contributed by atoms with Crippen LogP contribution in [0.5, 0.6) is 0 Å². The van der Waals surface area contributed by atoms with Crippen LogP contribution in [0.25, 0.3) is 6.08 Å². The zero-order chi connectivity index (χ0) is 19.5. The molecule has 5 heteroatoms. The van der Waals surface area contributed by atoms with E-state index < -0.39 is 5.91 Å². The number of rotatable bonds is 10. The van der Waals surface area contributed by atoms with Crippen molar-refractivity contribution in [3.05, 3.63) is 70.2 Å². The average Bonchev–Trinajstić information content (AvgIpc) is 3.06. The van der Waals surface area contributed by atoms with Gasteiger partial charge in [-0.25, -0.2) is 5.43 Å². The van der Waals surface area contributed by atoms with E-state index in [-0.39, 0.29) is 0 Å². The van der Waals surface area contributed by atoms with Crippen LogP contribution in [0.1, 0.15) is 44.2 Å². The lowest BCUT2D eigenvalue weighted by molar-refractivity contribution is -0.116. The average molecular weight is 367 g/mol. The third-order valence-electron chi connectivity index (χ3n) is 5.01. The SMILES string of the molecule is CC=CC1CC=C(CCNCc2ccc(C=CC(=O)NN=O)cc2)C1CC.